The van der Waals surface area contributed by atoms with Gasteiger partial charge in [0.15, 0.2) is 0 Å². The number of hydrogen-bond donors (Lipinski definition) is 11. The average Bonchev–Trinajstić information content (AvgIpc) is 2.69. The highest BCUT2D eigenvalue weighted by molar-refractivity contribution is 5.84. The van der Waals surface area contributed by atoms with E-state index in [0.29, 0.717) is 32.1 Å². The molecule has 0 rings (SSSR count). The lowest BCUT2D eigenvalue weighted by Crippen LogP contribution is -2.00. The van der Waals surface area contributed by atoms with Gasteiger partial charge in [-0.05, 0) is 73.6 Å². The van der Waals surface area contributed by atoms with Crippen LogP contribution in [0.4, 0.5) is 0 Å². The Morgan fingerprint density at radius 1 is 0.528 bits per heavy atom. The highest BCUT2D eigenvalue weighted by atomic mass is 16.4. The molecule has 0 saturated heterocycles. The van der Waals surface area contributed by atoms with E-state index in [0.717, 1.165) is 0 Å². The van der Waals surface area contributed by atoms with Crippen LogP contribution in [0.5, 0.6) is 0 Å². The Bertz CT molecular complexity index is 331. The molecule has 224 valence electrons. The molecule has 0 bridgehead atoms. The number of carbonyl (C=O) groups is 1. The number of hydrogen-bond acceptors (Lipinski definition) is 11. The smallest absolute Gasteiger partial charge is 0.330 e. The Balaban J connectivity index is -0.0000000750. The fraction of sp³-hybridized carbons (Fsp3) is 0.875. The fourth-order valence-electron chi connectivity index (χ4n) is 0.934. The summed E-state index contributed by atoms with van der Waals surface area (Å²) in [4.78, 5) is 9.60. The molecule has 0 amide bonds. The predicted octanol–water partition coefficient (Wildman–Crippen LogP) is -0.605. The van der Waals surface area contributed by atoms with Gasteiger partial charge in [-0.1, -0.05) is 6.58 Å². The fourth-order valence-corrected chi connectivity index (χ4v) is 0.934. The first-order valence-electron chi connectivity index (χ1n) is 11.8. The van der Waals surface area contributed by atoms with Crippen molar-refractivity contribution in [3.63, 3.8) is 0 Å². The lowest BCUT2D eigenvalue weighted by Gasteiger charge is -1.95. The molecule has 11 N–H and O–H groups in total. The van der Waals surface area contributed by atoms with Crippen molar-refractivity contribution in [1.29, 1.82) is 0 Å². The molecule has 0 spiro atoms. The highest BCUT2D eigenvalue weighted by Crippen LogP contribution is 1.85. The van der Waals surface area contributed by atoms with Crippen molar-refractivity contribution in [1.82, 2.24) is 0 Å². The molecule has 0 radical (unpaired) electrons. The molecule has 0 saturated carbocycles. The van der Waals surface area contributed by atoms with Crippen LogP contribution in [0, 0.1) is 0 Å². The minimum absolute atomic E-state index is 0.0810. The zero-order chi connectivity index (χ0) is 30.1. The van der Waals surface area contributed by atoms with Crippen LogP contribution in [-0.2, 0) is 4.79 Å². The largest absolute Gasteiger partial charge is 0.478 e. The maximum atomic E-state index is 9.60. The number of rotatable bonds is 11. The molecule has 5 atom stereocenters. The lowest BCUT2D eigenvalue weighted by atomic mass is 10.3. The first-order chi connectivity index (χ1) is 16.5. The first kappa shape index (κ1) is 47.9. The van der Waals surface area contributed by atoms with E-state index in [-0.39, 0.29) is 69.1 Å². The van der Waals surface area contributed by atoms with Crippen molar-refractivity contribution >= 4 is 5.97 Å². The van der Waals surface area contributed by atoms with Crippen LogP contribution in [-0.4, -0.2) is 126 Å². The van der Waals surface area contributed by atoms with Gasteiger partial charge in [-0.3, -0.25) is 0 Å². The van der Waals surface area contributed by atoms with Gasteiger partial charge in [0.25, 0.3) is 0 Å². The molecule has 0 aromatic carbocycles. The van der Waals surface area contributed by atoms with Gasteiger partial charge in [0.05, 0.1) is 30.5 Å². The maximum Gasteiger partial charge on any atom is 0.330 e. The van der Waals surface area contributed by atoms with E-state index < -0.39 is 5.97 Å². The Kier molecular flexibility index (Phi) is 54.5. The van der Waals surface area contributed by atoms with Gasteiger partial charge in [0.1, 0.15) is 0 Å². The van der Waals surface area contributed by atoms with Crippen LogP contribution < -0.4 is 0 Å². The Morgan fingerprint density at radius 3 is 0.639 bits per heavy atom. The molecule has 0 fully saturated rings. The molecule has 0 heterocycles. The van der Waals surface area contributed by atoms with E-state index in [9.17, 15) is 4.79 Å². The van der Waals surface area contributed by atoms with Crippen LogP contribution in [0.15, 0.2) is 12.2 Å². The molecule has 0 aliphatic carbocycles. The second-order valence-corrected chi connectivity index (χ2v) is 7.89. The van der Waals surface area contributed by atoms with Crippen molar-refractivity contribution in [2.24, 2.45) is 0 Å². The zero-order valence-corrected chi connectivity index (χ0v) is 23.0. The molecule has 36 heavy (non-hydrogen) atoms. The monoisotopic (exact) mass is 536 g/mol. The maximum absolute atomic E-state index is 9.60. The van der Waals surface area contributed by atoms with Crippen molar-refractivity contribution in [3.8, 4) is 0 Å². The normalized spacial score (nSPS) is 13.3. The summed E-state index contributed by atoms with van der Waals surface area (Å²) in [6, 6.07) is 0. The van der Waals surface area contributed by atoms with Crippen LogP contribution in [0.25, 0.3) is 0 Å². The number of aliphatic hydroxyl groups is 10. The van der Waals surface area contributed by atoms with Crippen molar-refractivity contribution < 1.29 is 61.0 Å². The second kappa shape index (κ2) is 41.0. The molecule has 0 aromatic rings. The zero-order valence-electron chi connectivity index (χ0n) is 23.0. The van der Waals surface area contributed by atoms with E-state index in [2.05, 4.69) is 6.58 Å². The molecule has 0 aliphatic heterocycles. The summed E-state index contributed by atoms with van der Waals surface area (Å²) in [5, 5.41) is 90.2. The van der Waals surface area contributed by atoms with Crippen LogP contribution in [0.2, 0.25) is 0 Å². The topological polar surface area (TPSA) is 240 Å². The molecule has 5 unspecified atom stereocenters. The van der Waals surface area contributed by atoms with Gasteiger partial charge >= 0.3 is 5.97 Å². The summed E-state index contributed by atoms with van der Waals surface area (Å²) in [5.41, 5.74) is 0.176. The SMILES string of the molecule is C=C(C)C(=O)O.CC(O)CCO.CC(O)CCO.CC(O)CCO.CC(O)CCO.CC(O)CCO. The molecule has 0 aliphatic rings. The lowest BCUT2D eigenvalue weighted by molar-refractivity contribution is -0.132. The third-order valence-corrected chi connectivity index (χ3v) is 3.10. The third kappa shape index (κ3) is 105. The summed E-state index contributed by atoms with van der Waals surface area (Å²) in [7, 11) is 0. The van der Waals surface area contributed by atoms with Gasteiger partial charge in [0.2, 0.25) is 0 Å². The van der Waals surface area contributed by atoms with Gasteiger partial charge < -0.3 is 56.2 Å². The van der Waals surface area contributed by atoms with Crippen LogP contribution >= 0.6 is 0 Å². The predicted molar refractivity (Wildman–Crippen MR) is 139 cm³/mol. The van der Waals surface area contributed by atoms with Crippen LogP contribution in [0.1, 0.15) is 73.6 Å². The molecular formula is C24H56O12. The third-order valence-electron chi connectivity index (χ3n) is 3.10. The van der Waals surface area contributed by atoms with Crippen molar-refractivity contribution in [2.75, 3.05) is 33.0 Å². The second-order valence-electron chi connectivity index (χ2n) is 7.89. The summed E-state index contributed by atoms with van der Waals surface area (Å²) >= 11 is 0. The number of aliphatic hydroxyl groups excluding tert-OH is 10. The quantitative estimate of drug-likeness (QED) is 0.148. The van der Waals surface area contributed by atoms with E-state index >= 15 is 0 Å². The summed E-state index contributed by atoms with van der Waals surface area (Å²) in [5.74, 6) is -0.935. The van der Waals surface area contributed by atoms with Crippen LogP contribution in [0.3, 0.4) is 0 Å². The standard InChI is InChI=1S/5C4H10O2.C4H6O2/c5*1-4(6)2-3-5;1-3(2)4(5)6/h5*4-6H,2-3H2,1H3;1H2,2H3,(H,5,6). The van der Waals surface area contributed by atoms with E-state index in [4.69, 9.17) is 56.2 Å². The van der Waals surface area contributed by atoms with Gasteiger partial charge in [0, 0.05) is 38.6 Å². The molecule has 12 heteroatoms. The summed E-state index contributed by atoms with van der Waals surface area (Å²) in [6.07, 6.45) is 0.671. The summed E-state index contributed by atoms with van der Waals surface area (Å²) in [6.45, 7) is 13.3. The minimum Gasteiger partial charge on any atom is -0.478 e. The van der Waals surface area contributed by atoms with Crippen molar-refractivity contribution in [3.05, 3.63) is 12.2 Å². The van der Waals surface area contributed by atoms with E-state index in [1.165, 1.54) is 6.92 Å². The minimum atomic E-state index is -0.935. The van der Waals surface area contributed by atoms with Gasteiger partial charge in [-0.25, -0.2) is 4.79 Å². The van der Waals surface area contributed by atoms with E-state index in [1.54, 1.807) is 34.6 Å². The van der Waals surface area contributed by atoms with Crippen molar-refractivity contribution in [2.45, 2.75) is 104 Å². The van der Waals surface area contributed by atoms with E-state index in [1.807, 2.05) is 0 Å². The number of carboxylic acids is 1. The Hall–Kier alpha value is -1.19. The average molecular weight is 537 g/mol. The number of carboxylic acid groups (broad SMARTS) is 1. The number of aliphatic carboxylic acids is 1. The first-order valence-corrected chi connectivity index (χ1v) is 11.8. The highest BCUT2D eigenvalue weighted by Gasteiger charge is 1.91. The Labute approximate surface area is 216 Å². The Morgan fingerprint density at radius 2 is 0.639 bits per heavy atom. The molecular weight excluding hydrogens is 480 g/mol. The van der Waals surface area contributed by atoms with Gasteiger partial charge in [-0.15, -0.1) is 0 Å². The molecule has 0 aromatic heterocycles. The summed E-state index contributed by atoms with van der Waals surface area (Å²) < 4.78 is 0. The van der Waals surface area contributed by atoms with Gasteiger partial charge in [-0.2, -0.15) is 0 Å². The molecule has 12 nitrogen and oxygen atoms in total.